The molecular formula is C9H6ClN3O2. The molecule has 5 nitrogen and oxygen atoms in total. The van der Waals surface area contributed by atoms with E-state index in [1.165, 1.54) is 18.3 Å². The maximum Gasteiger partial charge on any atom is 0.277 e. The number of hydrogen-bond donors (Lipinski definition) is 1. The first-order valence-electron chi connectivity index (χ1n) is 4.11. The number of benzene rings is 1. The topological polar surface area (TPSA) is 71.8 Å². The molecule has 0 amide bonds. The Labute approximate surface area is 89.8 Å². The summed E-state index contributed by atoms with van der Waals surface area (Å²) >= 11 is 5.79. The van der Waals surface area contributed by atoms with Gasteiger partial charge in [-0.3, -0.25) is 15.2 Å². The van der Waals surface area contributed by atoms with Gasteiger partial charge in [0, 0.05) is 22.8 Å². The second-order valence-electron chi connectivity index (χ2n) is 2.91. The van der Waals surface area contributed by atoms with Gasteiger partial charge in [0.15, 0.2) is 0 Å². The molecule has 0 spiro atoms. The first-order chi connectivity index (χ1) is 7.18. The number of nitro benzene ring substituents is 1. The normalized spacial score (nSPS) is 10.2. The molecule has 2 aromatic rings. The largest absolute Gasteiger partial charge is 0.285 e. The van der Waals surface area contributed by atoms with Crippen LogP contribution < -0.4 is 0 Å². The summed E-state index contributed by atoms with van der Waals surface area (Å²) in [6.07, 6.45) is 3.09. The van der Waals surface area contributed by atoms with Crippen LogP contribution in [0.2, 0.25) is 5.02 Å². The second kappa shape index (κ2) is 3.70. The highest BCUT2D eigenvalue weighted by Crippen LogP contribution is 2.31. The summed E-state index contributed by atoms with van der Waals surface area (Å²) in [5.41, 5.74) is 1.12. The summed E-state index contributed by atoms with van der Waals surface area (Å²) in [4.78, 5) is 10.3. The van der Waals surface area contributed by atoms with Gasteiger partial charge in [-0.05, 0) is 12.1 Å². The van der Waals surface area contributed by atoms with Crippen molar-refractivity contribution in [3.63, 3.8) is 0 Å². The zero-order valence-corrected chi connectivity index (χ0v) is 8.23. The predicted octanol–water partition coefficient (Wildman–Crippen LogP) is 2.64. The van der Waals surface area contributed by atoms with E-state index in [-0.39, 0.29) is 5.69 Å². The lowest BCUT2D eigenvalue weighted by Crippen LogP contribution is -1.91. The van der Waals surface area contributed by atoms with Gasteiger partial charge in [-0.2, -0.15) is 5.10 Å². The number of H-pyrrole nitrogens is 1. The summed E-state index contributed by atoms with van der Waals surface area (Å²) in [6, 6.07) is 4.42. The molecule has 0 atom stereocenters. The fourth-order valence-electron chi connectivity index (χ4n) is 1.30. The van der Waals surface area contributed by atoms with Crippen molar-refractivity contribution in [3.05, 3.63) is 45.7 Å². The molecule has 0 bridgehead atoms. The molecule has 0 aliphatic heterocycles. The Morgan fingerprint density at radius 1 is 1.47 bits per heavy atom. The van der Waals surface area contributed by atoms with Crippen LogP contribution in [0.1, 0.15) is 0 Å². The van der Waals surface area contributed by atoms with Crippen LogP contribution in [-0.2, 0) is 0 Å². The highest BCUT2D eigenvalue weighted by atomic mass is 35.5. The van der Waals surface area contributed by atoms with E-state index < -0.39 is 4.92 Å². The highest BCUT2D eigenvalue weighted by Gasteiger charge is 2.15. The van der Waals surface area contributed by atoms with Gasteiger partial charge in [-0.1, -0.05) is 11.6 Å². The minimum atomic E-state index is -0.446. The molecule has 1 heterocycles. The zero-order chi connectivity index (χ0) is 10.8. The van der Waals surface area contributed by atoms with E-state index in [9.17, 15) is 10.1 Å². The molecule has 0 aliphatic rings. The van der Waals surface area contributed by atoms with Crippen LogP contribution in [-0.4, -0.2) is 15.1 Å². The molecule has 1 aromatic carbocycles. The van der Waals surface area contributed by atoms with E-state index in [0.29, 0.717) is 16.1 Å². The predicted molar refractivity (Wildman–Crippen MR) is 55.7 cm³/mol. The number of hydrogen-bond acceptors (Lipinski definition) is 3. The van der Waals surface area contributed by atoms with Crippen molar-refractivity contribution in [3.8, 4) is 11.1 Å². The van der Waals surface area contributed by atoms with E-state index in [1.54, 1.807) is 12.3 Å². The van der Waals surface area contributed by atoms with Crippen molar-refractivity contribution in [2.24, 2.45) is 0 Å². The van der Waals surface area contributed by atoms with Crippen molar-refractivity contribution in [2.45, 2.75) is 0 Å². The molecule has 76 valence electrons. The first-order valence-corrected chi connectivity index (χ1v) is 4.49. The van der Waals surface area contributed by atoms with Crippen molar-refractivity contribution in [2.75, 3.05) is 0 Å². The molecule has 0 saturated carbocycles. The lowest BCUT2D eigenvalue weighted by Gasteiger charge is -2.00. The van der Waals surface area contributed by atoms with Crippen LogP contribution >= 0.6 is 11.6 Å². The van der Waals surface area contributed by atoms with Gasteiger partial charge in [0.2, 0.25) is 0 Å². The highest BCUT2D eigenvalue weighted by molar-refractivity contribution is 6.31. The van der Waals surface area contributed by atoms with Crippen LogP contribution in [0.15, 0.2) is 30.6 Å². The summed E-state index contributed by atoms with van der Waals surface area (Å²) < 4.78 is 0. The average molecular weight is 224 g/mol. The van der Waals surface area contributed by atoms with E-state index in [0.717, 1.165) is 0 Å². The molecule has 0 saturated heterocycles. The number of rotatable bonds is 2. The van der Waals surface area contributed by atoms with Crippen molar-refractivity contribution in [1.29, 1.82) is 0 Å². The van der Waals surface area contributed by atoms with Crippen LogP contribution in [0, 0.1) is 10.1 Å². The standard InChI is InChI=1S/C9H6ClN3O2/c10-7-1-2-9(13(14)15)8(3-7)6-4-11-12-5-6/h1-5H,(H,11,12). The maximum absolute atomic E-state index is 10.8. The number of nitrogens with zero attached hydrogens (tertiary/aromatic N) is 2. The average Bonchev–Trinajstić information content (AvgIpc) is 2.69. The molecule has 0 radical (unpaired) electrons. The van der Waals surface area contributed by atoms with Crippen LogP contribution in [0.5, 0.6) is 0 Å². The fourth-order valence-corrected chi connectivity index (χ4v) is 1.47. The van der Waals surface area contributed by atoms with E-state index in [4.69, 9.17) is 11.6 Å². The first kappa shape index (κ1) is 9.67. The van der Waals surface area contributed by atoms with Crippen LogP contribution in [0.25, 0.3) is 11.1 Å². The quantitative estimate of drug-likeness (QED) is 0.628. The van der Waals surface area contributed by atoms with Crippen molar-refractivity contribution < 1.29 is 4.92 Å². The lowest BCUT2D eigenvalue weighted by atomic mass is 10.1. The van der Waals surface area contributed by atoms with Gasteiger partial charge >= 0.3 is 0 Å². The number of aromatic amines is 1. The third kappa shape index (κ3) is 1.82. The van der Waals surface area contributed by atoms with Crippen LogP contribution in [0.3, 0.4) is 0 Å². The molecule has 1 N–H and O–H groups in total. The summed E-state index contributed by atoms with van der Waals surface area (Å²) in [7, 11) is 0. The minimum Gasteiger partial charge on any atom is -0.285 e. The van der Waals surface area contributed by atoms with Gasteiger partial charge in [0.25, 0.3) is 5.69 Å². The Morgan fingerprint density at radius 2 is 2.27 bits per heavy atom. The monoisotopic (exact) mass is 223 g/mol. The number of aromatic nitrogens is 2. The smallest absolute Gasteiger partial charge is 0.277 e. The fraction of sp³-hybridized carbons (Fsp3) is 0. The molecule has 6 heteroatoms. The molecule has 0 unspecified atom stereocenters. The Balaban J connectivity index is 2.63. The second-order valence-corrected chi connectivity index (χ2v) is 3.34. The molecule has 2 rings (SSSR count). The molecule has 15 heavy (non-hydrogen) atoms. The van der Waals surface area contributed by atoms with Crippen molar-refractivity contribution in [1.82, 2.24) is 10.2 Å². The third-order valence-corrected chi connectivity index (χ3v) is 2.20. The molecule has 0 aliphatic carbocycles. The Morgan fingerprint density at radius 3 is 2.87 bits per heavy atom. The Hall–Kier alpha value is -1.88. The van der Waals surface area contributed by atoms with Gasteiger partial charge in [-0.15, -0.1) is 0 Å². The van der Waals surface area contributed by atoms with Gasteiger partial charge < -0.3 is 0 Å². The summed E-state index contributed by atoms with van der Waals surface area (Å²) in [5, 5.41) is 17.6. The number of nitro groups is 1. The maximum atomic E-state index is 10.8. The van der Waals surface area contributed by atoms with E-state index in [2.05, 4.69) is 10.2 Å². The number of halogens is 1. The number of nitrogens with one attached hydrogen (secondary N) is 1. The van der Waals surface area contributed by atoms with E-state index >= 15 is 0 Å². The molecule has 1 aromatic heterocycles. The summed E-state index contributed by atoms with van der Waals surface area (Å²) in [6.45, 7) is 0. The van der Waals surface area contributed by atoms with Crippen LogP contribution in [0.4, 0.5) is 5.69 Å². The molecule has 0 fully saturated rings. The minimum absolute atomic E-state index is 0.0146. The van der Waals surface area contributed by atoms with Gasteiger partial charge in [-0.25, -0.2) is 0 Å². The SMILES string of the molecule is O=[N+]([O-])c1ccc(Cl)cc1-c1cn[nH]c1. The zero-order valence-electron chi connectivity index (χ0n) is 7.48. The van der Waals surface area contributed by atoms with E-state index in [1.807, 2.05) is 0 Å². The van der Waals surface area contributed by atoms with Crippen molar-refractivity contribution >= 4 is 17.3 Å². The summed E-state index contributed by atoms with van der Waals surface area (Å²) in [5.74, 6) is 0. The Bertz CT molecular complexity index is 496. The lowest BCUT2D eigenvalue weighted by molar-refractivity contribution is -0.384. The molecular weight excluding hydrogens is 218 g/mol. The third-order valence-electron chi connectivity index (χ3n) is 1.96. The van der Waals surface area contributed by atoms with Gasteiger partial charge in [0.05, 0.1) is 16.7 Å². The Kier molecular flexibility index (Phi) is 2.39. The van der Waals surface area contributed by atoms with Gasteiger partial charge in [0.1, 0.15) is 0 Å².